The van der Waals surface area contributed by atoms with Gasteiger partial charge in [-0.25, -0.2) is 14.3 Å². The number of amides is 2. The first-order valence-electron chi connectivity index (χ1n) is 6.51. The van der Waals surface area contributed by atoms with E-state index in [1.165, 1.54) is 7.05 Å². The number of anilines is 1. The van der Waals surface area contributed by atoms with Crippen molar-refractivity contribution in [3.05, 3.63) is 30.3 Å². The quantitative estimate of drug-likeness (QED) is 0.626. The average Bonchev–Trinajstić information content (AvgIpc) is 2.54. The minimum absolute atomic E-state index is 0.0879. The number of ether oxygens (including phenoxy) is 1. The molecule has 0 N–H and O–H groups in total. The van der Waals surface area contributed by atoms with Crippen LogP contribution in [0.2, 0.25) is 0 Å². The van der Waals surface area contributed by atoms with Crippen LogP contribution in [0.25, 0.3) is 0 Å². The topological polar surface area (TPSA) is 88.5 Å². The Kier molecular flexibility index (Phi) is 4.63. The molecule has 0 saturated heterocycles. The number of benzene rings is 1. The number of carbonyl (C=O) groups is 2. The lowest BCUT2D eigenvalue weighted by Crippen LogP contribution is -2.45. The Morgan fingerprint density at radius 1 is 1.32 bits per heavy atom. The Morgan fingerprint density at radius 2 is 1.95 bits per heavy atom. The van der Waals surface area contributed by atoms with E-state index in [9.17, 15) is 14.2 Å². The van der Waals surface area contributed by atoms with Gasteiger partial charge in [-0.2, -0.15) is 5.01 Å². The number of carbonyl (C=O) groups excluding carboxylic acids is 2. The van der Waals surface area contributed by atoms with Crippen molar-refractivity contribution < 1.29 is 23.4 Å². The normalized spacial score (nSPS) is 21.6. The molecule has 8 nitrogen and oxygen atoms in total. The molecule has 0 spiro atoms. The number of esters is 1. The maximum Gasteiger partial charge on any atom is 0.366 e. The molecule has 0 bridgehead atoms. The highest BCUT2D eigenvalue weighted by molar-refractivity contribution is 7.78. The van der Waals surface area contributed by atoms with Gasteiger partial charge in [0.05, 0.1) is 12.3 Å². The molecule has 0 aliphatic carbocycles. The highest BCUT2D eigenvalue weighted by Crippen LogP contribution is 2.54. The highest BCUT2D eigenvalue weighted by Gasteiger charge is 2.48. The number of rotatable bonds is 4. The fourth-order valence-corrected chi connectivity index (χ4v) is 3.39. The Hall–Kier alpha value is -2.18. The molecule has 1 aromatic rings. The van der Waals surface area contributed by atoms with E-state index < -0.39 is 25.0 Å². The SMILES string of the molecule is CCOC(=O)C1=NN(c2ccccc2)C(=O)N(C)[P@]1(=O)OC. The van der Waals surface area contributed by atoms with Crippen molar-refractivity contribution in [1.29, 1.82) is 0 Å². The summed E-state index contributed by atoms with van der Waals surface area (Å²) in [7, 11) is -1.44. The third-order valence-corrected chi connectivity index (χ3v) is 5.28. The van der Waals surface area contributed by atoms with Gasteiger partial charge in [-0.05, 0) is 19.1 Å². The van der Waals surface area contributed by atoms with Gasteiger partial charge in [-0.3, -0.25) is 4.57 Å². The van der Waals surface area contributed by atoms with Crippen LogP contribution in [0.3, 0.4) is 0 Å². The van der Waals surface area contributed by atoms with Gasteiger partial charge < -0.3 is 9.26 Å². The van der Waals surface area contributed by atoms with E-state index >= 15 is 0 Å². The van der Waals surface area contributed by atoms with Crippen molar-refractivity contribution in [2.24, 2.45) is 5.10 Å². The zero-order valence-corrected chi connectivity index (χ0v) is 13.3. The van der Waals surface area contributed by atoms with Gasteiger partial charge >= 0.3 is 19.5 Å². The van der Waals surface area contributed by atoms with Crippen molar-refractivity contribution in [3.63, 3.8) is 0 Å². The second-order valence-corrected chi connectivity index (χ2v) is 6.73. The molecule has 1 aliphatic heterocycles. The first-order valence-corrected chi connectivity index (χ1v) is 8.08. The maximum atomic E-state index is 12.8. The number of hydrazone groups is 1. The smallest absolute Gasteiger partial charge is 0.366 e. The van der Waals surface area contributed by atoms with Crippen LogP contribution in [0.1, 0.15) is 6.92 Å². The van der Waals surface area contributed by atoms with Crippen LogP contribution in [0.5, 0.6) is 0 Å². The third kappa shape index (κ3) is 2.63. The Balaban J connectivity index is 2.56. The van der Waals surface area contributed by atoms with E-state index in [2.05, 4.69) is 5.10 Å². The van der Waals surface area contributed by atoms with Crippen LogP contribution in [-0.4, -0.2) is 42.9 Å². The lowest BCUT2D eigenvalue weighted by atomic mass is 10.3. The van der Waals surface area contributed by atoms with Crippen LogP contribution in [0.4, 0.5) is 10.5 Å². The minimum atomic E-state index is -3.88. The van der Waals surface area contributed by atoms with Crippen LogP contribution in [0, 0.1) is 0 Å². The molecule has 22 heavy (non-hydrogen) atoms. The standard InChI is InChI=1S/C13H16N3O5P/c1-4-21-12(17)11-14-16(10-8-6-5-7-9-10)13(18)15(2)22(11,19)20-3/h5-9H,4H2,1-3H3/t22-/m1/s1. The summed E-state index contributed by atoms with van der Waals surface area (Å²) in [5, 5.41) is 4.91. The van der Waals surface area contributed by atoms with Gasteiger partial charge in [-0.1, -0.05) is 18.2 Å². The lowest BCUT2D eigenvalue weighted by molar-refractivity contribution is -0.134. The lowest BCUT2D eigenvalue weighted by Gasteiger charge is -2.34. The monoisotopic (exact) mass is 325 g/mol. The molecular formula is C13H16N3O5P. The van der Waals surface area contributed by atoms with Crippen LogP contribution >= 0.6 is 7.52 Å². The van der Waals surface area contributed by atoms with Crippen LogP contribution < -0.4 is 5.01 Å². The first kappa shape index (κ1) is 16.2. The molecule has 0 aromatic heterocycles. The Labute approximate surface area is 127 Å². The van der Waals surface area contributed by atoms with Gasteiger partial charge in [-0.15, -0.1) is 5.10 Å². The second kappa shape index (κ2) is 6.29. The number of urea groups is 1. The Bertz CT molecular complexity index is 661. The highest BCUT2D eigenvalue weighted by atomic mass is 31.2. The number of hydrogen-bond donors (Lipinski definition) is 0. The summed E-state index contributed by atoms with van der Waals surface area (Å²) in [5.41, 5.74) is 0.00584. The predicted molar refractivity (Wildman–Crippen MR) is 80.8 cm³/mol. The van der Waals surface area contributed by atoms with Crippen LogP contribution in [0.15, 0.2) is 35.4 Å². The molecule has 0 radical (unpaired) electrons. The summed E-state index contributed by atoms with van der Waals surface area (Å²) in [6.45, 7) is 1.70. The molecular weight excluding hydrogens is 309 g/mol. The molecule has 9 heteroatoms. The molecule has 1 atom stereocenters. The second-order valence-electron chi connectivity index (χ2n) is 4.30. The Morgan fingerprint density at radius 3 is 2.50 bits per heavy atom. The first-order chi connectivity index (χ1) is 10.5. The molecule has 1 aromatic carbocycles. The number of nitrogens with zero attached hydrogens (tertiary/aromatic N) is 3. The van der Waals surface area contributed by atoms with Crippen molar-refractivity contribution in [2.75, 3.05) is 25.8 Å². The van der Waals surface area contributed by atoms with E-state index in [0.29, 0.717) is 5.69 Å². The van der Waals surface area contributed by atoms with Gasteiger partial charge in [0.15, 0.2) is 0 Å². The molecule has 0 saturated carbocycles. The fourth-order valence-electron chi connectivity index (χ4n) is 1.88. The molecule has 1 heterocycles. The van der Waals surface area contributed by atoms with Crippen molar-refractivity contribution in [3.8, 4) is 0 Å². The molecule has 1 aliphatic rings. The van der Waals surface area contributed by atoms with Gasteiger partial charge in [0.2, 0.25) is 0 Å². The van der Waals surface area contributed by atoms with Crippen molar-refractivity contribution in [2.45, 2.75) is 6.92 Å². The van der Waals surface area contributed by atoms with Gasteiger partial charge in [0.1, 0.15) is 0 Å². The summed E-state index contributed by atoms with van der Waals surface area (Å²) in [6.07, 6.45) is 0. The largest absolute Gasteiger partial charge is 0.461 e. The summed E-state index contributed by atoms with van der Waals surface area (Å²) in [4.78, 5) is 24.4. The minimum Gasteiger partial charge on any atom is -0.461 e. The van der Waals surface area contributed by atoms with Crippen molar-refractivity contribution >= 4 is 30.7 Å². The summed E-state index contributed by atoms with van der Waals surface area (Å²) < 4.78 is 23.5. The third-order valence-electron chi connectivity index (χ3n) is 3.02. The number of hydrogen-bond acceptors (Lipinski definition) is 6. The zero-order chi connectivity index (χ0) is 16.3. The summed E-state index contributed by atoms with van der Waals surface area (Å²) in [5.74, 6) is -0.882. The maximum absolute atomic E-state index is 12.8. The van der Waals surface area contributed by atoms with E-state index in [4.69, 9.17) is 9.26 Å². The molecule has 118 valence electrons. The summed E-state index contributed by atoms with van der Waals surface area (Å²) in [6, 6.07) is 7.82. The fraction of sp³-hybridized carbons (Fsp3) is 0.308. The van der Waals surface area contributed by atoms with Gasteiger partial charge in [0.25, 0.3) is 5.45 Å². The zero-order valence-electron chi connectivity index (χ0n) is 12.4. The van der Waals surface area contributed by atoms with E-state index in [0.717, 1.165) is 16.8 Å². The summed E-state index contributed by atoms with van der Waals surface area (Å²) >= 11 is 0. The van der Waals surface area contributed by atoms with Crippen molar-refractivity contribution in [1.82, 2.24) is 4.67 Å². The van der Waals surface area contributed by atoms with E-state index in [1.54, 1.807) is 37.3 Å². The molecule has 2 amide bonds. The molecule has 0 unspecified atom stereocenters. The molecule has 2 rings (SSSR count). The molecule has 0 fully saturated rings. The van der Waals surface area contributed by atoms with Gasteiger partial charge in [0, 0.05) is 14.2 Å². The van der Waals surface area contributed by atoms with E-state index in [-0.39, 0.29) is 6.61 Å². The number of para-hydroxylation sites is 1. The predicted octanol–water partition coefficient (Wildman–Crippen LogP) is 2.27. The average molecular weight is 325 g/mol. The van der Waals surface area contributed by atoms with Crippen LogP contribution in [-0.2, 0) is 18.6 Å². The van der Waals surface area contributed by atoms with E-state index in [1.807, 2.05) is 0 Å².